The number of nitriles is 1. The number of nitrogens with zero attached hydrogens (tertiary/aromatic N) is 1. The first-order chi connectivity index (χ1) is 10.5. The summed E-state index contributed by atoms with van der Waals surface area (Å²) in [6.07, 6.45) is -0.866. The van der Waals surface area contributed by atoms with Gasteiger partial charge in [-0.3, -0.25) is 4.79 Å². The molecule has 1 atom stereocenters. The number of benzene rings is 2. The lowest BCUT2D eigenvalue weighted by Crippen LogP contribution is -2.17. The molecule has 0 saturated carbocycles. The van der Waals surface area contributed by atoms with Gasteiger partial charge in [-0.25, -0.2) is 4.79 Å². The molecule has 2 aromatic rings. The van der Waals surface area contributed by atoms with Crippen molar-refractivity contribution in [1.29, 1.82) is 5.26 Å². The van der Waals surface area contributed by atoms with Crippen LogP contribution in [-0.2, 0) is 4.74 Å². The fourth-order valence-corrected chi connectivity index (χ4v) is 1.97. The van der Waals surface area contributed by atoms with E-state index in [1.807, 2.05) is 25.1 Å². The van der Waals surface area contributed by atoms with Crippen molar-refractivity contribution < 1.29 is 14.3 Å². The molecule has 0 bridgehead atoms. The van der Waals surface area contributed by atoms with Crippen LogP contribution in [0.3, 0.4) is 0 Å². The molecule has 0 heterocycles. The fourth-order valence-electron chi connectivity index (χ4n) is 1.97. The van der Waals surface area contributed by atoms with E-state index in [0.717, 1.165) is 5.56 Å². The second-order valence-corrected chi connectivity index (χ2v) is 4.92. The Kier molecular flexibility index (Phi) is 4.70. The monoisotopic (exact) mass is 293 g/mol. The highest BCUT2D eigenvalue weighted by atomic mass is 16.5. The first-order valence-electron chi connectivity index (χ1n) is 6.84. The van der Waals surface area contributed by atoms with Crippen molar-refractivity contribution in [1.82, 2.24) is 0 Å². The smallest absolute Gasteiger partial charge is 0.340 e. The maximum atomic E-state index is 12.6. The summed E-state index contributed by atoms with van der Waals surface area (Å²) in [6, 6.07) is 15.4. The highest BCUT2D eigenvalue weighted by Crippen LogP contribution is 2.17. The van der Waals surface area contributed by atoms with Gasteiger partial charge in [0.1, 0.15) is 6.07 Å². The average Bonchev–Trinajstić information content (AvgIpc) is 2.54. The van der Waals surface area contributed by atoms with E-state index in [4.69, 9.17) is 10.00 Å². The molecule has 0 aliphatic heterocycles. The lowest BCUT2D eigenvalue weighted by molar-refractivity contribution is 0.0433. The summed E-state index contributed by atoms with van der Waals surface area (Å²) in [5, 5.41) is 8.72. The Morgan fingerprint density at radius 3 is 2.23 bits per heavy atom. The van der Waals surface area contributed by atoms with E-state index < -0.39 is 12.1 Å². The van der Waals surface area contributed by atoms with Crippen molar-refractivity contribution in [3.63, 3.8) is 0 Å². The van der Waals surface area contributed by atoms with Crippen LogP contribution >= 0.6 is 0 Å². The molecular formula is C18H15NO3. The van der Waals surface area contributed by atoms with Crippen LogP contribution in [0.5, 0.6) is 0 Å². The van der Waals surface area contributed by atoms with Gasteiger partial charge in [-0.05, 0) is 19.9 Å². The number of carbonyl (C=O) groups is 2. The minimum absolute atomic E-state index is 0.162. The van der Waals surface area contributed by atoms with Gasteiger partial charge in [-0.1, -0.05) is 48.0 Å². The molecule has 22 heavy (non-hydrogen) atoms. The van der Waals surface area contributed by atoms with Crippen LogP contribution < -0.4 is 0 Å². The summed E-state index contributed by atoms with van der Waals surface area (Å²) in [7, 11) is 0. The van der Waals surface area contributed by atoms with E-state index in [9.17, 15) is 9.59 Å². The van der Waals surface area contributed by atoms with Crippen LogP contribution in [0.25, 0.3) is 0 Å². The van der Waals surface area contributed by atoms with Crippen LogP contribution in [0.15, 0.2) is 48.5 Å². The van der Waals surface area contributed by atoms with Gasteiger partial charge in [0, 0.05) is 11.1 Å². The van der Waals surface area contributed by atoms with Crippen molar-refractivity contribution >= 4 is 11.8 Å². The van der Waals surface area contributed by atoms with Crippen LogP contribution in [0.4, 0.5) is 0 Å². The Hall–Kier alpha value is -2.93. The van der Waals surface area contributed by atoms with E-state index in [1.54, 1.807) is 30.3 Å². The van der Waals surface area contributed by atoms with E-state index in [0.29, 0.717) is 5.56 Å². The third-order valence-corrected chi connectivity index (χ3v) is 3.17. The molecule has 0 fully saturated rings. The van der Waals surface area contributed by atoms with Gasteiger partial charge >= 0.3 is 5.97 Å². The van der Waals surface area contributed by atoms with Crippen molar-refractivity contribution in [3.05, 3.63) is 70.8 Å². The van der Waals surface area contributed by atoms with Crippen molar-refractivity contribution in [2.45, 2.75) is 20.0 Å². The van der Waals surface area contributed by atoms with Crippen molar-refractivity contribution in [3.8, 4) is 6.07 Å². The maximum Gasteiger partial charge on any atom is 0.340 e. The molecule has 4 nitrogen and oxygen atoms in total. The summed E-state index contributed by atoms with van der Waals surface area (Å²) >= 11 is 0. The van der Waals surface area contributed by atoms with Gasteiger partial charge in [0.05, 0.1) is 5.56 Å². The van der Waals surface area contributed by atoms with Gasteiger partial charge < -0.3 is 4.74 Å². The number of ether oxygens (including phenoxy) is 1. The molecule has 0 aromatic heterocycles. The number of hydrogen-bond acceptors (Lipinski definition) is 4. The topological polar surface area (TPSA) is 67.2 Å². The first-order valence-corrected chi connectivity index (χ1v) is 6.84. The molecule has 2 rings (SSSR count). The number of hydrogen-bond donors (Lipinski definition) is 0. The molecule has 0 spiro atoms. The number of rotatable bonds is 4. The largest absolute Gasteiger partial charge is 0.444 e. The summed E-state index contributed by atoms with van der Waals surface area (Å²) in [5.41, 5.74) is 1.97. The normalized spacial score (nSPS) is 11.3. The molecule has 2 aromatic carbocycles. The molecule has 1 unspecified atom stereocenters. The Morgan fingerprint density at radius 2 is 1.64 bits per heavy atom. The minimum Gasteiger partial charge on any atom is -0.444 e. The molecule has 4 heteroatoms. The SMILES string of the molecule is Cc1ccc(C(=O)c2ccccc2C(=O)OC(C)C#N)cc1. The second-order valence-electron chi connectivity index (χ2n) is 4.92. The third kappa shape index (κ3) is 3.39. The number of esters is 1. The predicted octanol–water partition coefficient (Wildman–Crippen LogP) is 3.29. The van der Waals surface area contributed by atoms with Crippen LogP contribution in [-0.4, -0.2) is 17.9 Å². The Bertz CT molecular complexity index is 742. The standard InChI is InChI=1S/C18H15NO3/c1-12-7-9-14(10-8-12)17(20)15-5-3-4-6-16(15)18(21)22-13(2)11-19/h3-10,13H,1-2H3. The Balaban J connectivity index is 2.36. The van der Waals surface area contributed by atoms with Crippen LogP contribution in [0.1, 0.15) is 38.8 Å². The van der Waals surface area contributed by atoms with Crippen LogP contribution in [0, 0.1) is 18.3 Å². The zero-order valence-electron chi connectivity index (χ0n) is 12.4. The maximum absolute atomic E-state index is 12.6. The Labute approximate surface area is 129 Å². The summed E-state index contributed by atoms with van der Waals surface area (Å²) in [5.74, 6) is -0.928. The van der Waals surface area contributed by atoms with Gasteiger partial charge in [-0.15, -0.1) is 0 Å². The van der Waals surface area contributed by atoms with E-state index in [1.165, 1.54) is 13.0 Å². The van der Waals surface area contributed by atoms with Gasteiger partial charge in [0.25, 0.3) is 0 Å². The number of aryl methyl sites for hydroxylation is 1. The zero-order valence-corrected chi connectivity index (χ0v) is 12.4. The average molecular weight is 293 g/mol. The molecule has 110 valence electrons. The molecule has 0 N–H and O–H groups in total. The molecule has 0 amide bonds. The minimum atomic E-state index is -0.866. The molecule has 0 saturated heterocycles. The van der Waals surface area contributed by atoms with Gasteiger partial charge in [0.2, 0.25) is 0 Å². The summed E-state index contributed by atoms with van der Waals surface area (Å²) in [6.45, 7) is 3.41. The summed E-state index contributed by atoms with van der Waals surface area (Å²) in [4.78, 5) is 24.7. The first kappa shape index (κ1) is 15.5. The van der Waals surface area contributed by atoms with Crippen molar-refractivity contribution in [2.24, 2.45) is 0 Å². The molecule has 0 radical (unpaired) electrons. The third-order valence-electron chi connectivity index (χ3n) is 3.17. The van der Waals surface area contributed by atoms with E-state index >= 15 is 0 Å². The lowest BCUT2D eigenvalue weighted by Gasteiger charge is -2.10. The Morgan fingerprint density at radius 1 is 1.05 bits per heavy atom. The second kappa shape index (κ2) is 6.68. The lowest BCUT2D eigenvalue weighted by atomic mass is 9.98. The number of carbonyl (C=O) groups excluding carboxylic acids is 2. The van der Waals surface area contributed by atoms with E-state index in [2.05, 4.69) is 0 Å². The van der Waals surface area contributed by atoms with Crippen LogP contribution in [0.2, 0.25) is 0 Å². The van der Waals surface area contributed by atoms with Crippen molar-refractivity contribution in [2.75, 3.05) is 0 Å². The predicted molar refractivity (Wildman–Crippen MR) is 81.5 cm³/mol. The van der Waals surface area contributed by atoms with Gasteiger partial charge in [0.15, 0.2) is 11.9 Å². The highest BCUT2D eigenvalue weighted by molar-refractivity contribution is 6.14. The molecule has 0 aliphatic rings. The van der Waals surface area contributed by atoms with Gasteiger partial charge in [-0.2, -0.15) is 5.26 Å². The van der Waals surface area contributed by atoms with E-state index in [-0.39, 0.29) is 16.9 Å². The zero-order chi connectivity index (χ0) is 16.1. The fraction of sp³-hybridized carbons (Fsp3) is 0.167. The molecule has 0 aliphatic carbocycles. The quantitative estimate of drug-likeness (QED) is 0.640. The molecular weight excluding hydrogens is 278 g/mol. The number of ketones is 1. The highest BCUT2D eigenvalue weighted by Gasteiger charge is 2.20. The summed E-state index contributed by atoms with van der Waals surface area (Å²) < 4.78 is 4.98.